The molecule has 0 bridgehead atoms. The molecule has 4 rings (SSSR count). The van der Waals surface area contributed by atoms with E-state index in [-0.39, 0.29) is 24.2 Å². The summed E-state index contributed by atoms with van der Waals surface area (Å²) in [4.78, 5) is 30.7. The average molecular weight is 434 g/mol. The maximum Gasteiger partial charge on any atom is 0.227 e. The molecule has 0 radical (unpaired) electrons. The standard InChI is InChI=1S/C25H28FN5O/c1-17-15-27-12-11-19(17)20-16-28-25(30(2)3)29-24(20)22-10-6-7-13-31(22)23(32)14-18-8-4-5-9-21(18)26/h4-5,8-9,11-12,15-16,22H,6-7,10,13-14H2,1-3H3. The minimum Gasteiger partial charge on any atom is -0.347 e. The third-order valence-electron chi connectivity index (χ3n) is 5.95. The van der Waals surface area contributed by atoms with Crippen LogP contribution in [-0.2, 0) is 11.2 Å². The average Bonchev–Trinajstić information content (AvgIpc) is 2.80. The van der Waals surface area contributed by atoms with Crippen molar-refractivity contribution in [2.75, 3.05) is 25.5 Å². The van der Waals surface area contributed by atoms with Gasteiger partial charge in [0.05, 0.1) is 18.2 Å². The Bertz CT molecular complexity index is 1120. The topological polar surface area (TPSA) is 62.2 Å². The van der Waals surface area contributed by atoms with Gasteiger partial charge in [0, 0.05) is 44.8 Å². The maximum atomic E-state index is 14.2. The zero-order valence-electron chi connectivity index (χ0n) is 18.8. The molecule has 1 saturated heterocycles. The second-order valence-electron chi connectivity index (χ2n) is 8.42. The van der Waals surface area contributed by atoms with Gasteiger partial charge in [-0.25, -0.2) is 14.4 Å². The van der Waals surface area contributed by atoms with Crippen LogP contribution >= 0.6 is 0 Å². The molecule has 7 heteroatoms. The van der Waals surface area contributed by atoms with Crippen molar-refractivity contribution >= 4 is 11.9 Å². The Hall–Kier alpha value is -3.35. The summed E-state index contributed by atoms with van der Waals surface area (Å²) >= 11 is 0. The van der Waals surface area contributed by atoms with Crippen molar-refractivity contribution < 1.29 is 9.18 Å². The number of amides is 1. The van der Waals surface area contributed by atoms with Gasteiger partial charge in [-0.1, -0.05) is 18.2 Å². The normalized spacial score (nSPS) is 16.1. The highest BCUT2D eigenvalue weighted by molar-refractivity contribution is 5.80. The minimum atomic E-state index is -0.348. The number of nitrogens with zero attached hydrogens (tertiary/aromatic N) is 5. The van der Waals surface area contributed by atoms with Gasteiger partial charge in [0.1, 0.15) is 5.82 Å². The molecular formula is C25H28FN5O. The molecule has 1 amide bonds. The molecule has 2 aromatic heterocycles. The van der Waals surface area contributed by atoms with Crippen molar-refractivity contribution in [3.05, 3.63) is 71.6 Å². The number of aryl methyl sites for hydroxylation is 1. The van der Waals surface area contributed by atoms with E-state index in [2.05, 4.69) is 9.97 Å². The number of rotatable bonds is 5. The molecule has 0 N–H and O–H groups in total. The van der Waals surface area contributed by atoms with Crippen molar-refractivity contribution in [2.24, 2.45) is 0 Å². The number of carbonyl (C=O) groups excluding carboxylic acids is 1. The molecule has 3 heterocycles. The zero-order valence-corrected chi connectivity index (χ0v) is 18.8. The number of hydrogen-bond donors (Lipinski definition) is 0. The van der Waals surface area contributed by atoms with Crippen LogP contribution in [0.25, 0.3) is 11.1 Å². The number of carbonyl (C=O) groups is 1. The van der Waals surface area contributed by atoms with Crippen molar-refractivity contribution in [1.29, 1.82) is 0 Å². The van der Waals surface area contributed by atoms with Crippen molar-refractivity contribution in [2.45, 2.75) is 38.6 Å². The van der Waals surface area contributed by atoms with Crippen LogP contribution in [0, 0.1) is 12.7 Å². The molecule has 1 atom stereocenters. The molecule has 0 saturated carbocycles. The van der Waals surface area contributed by atoms with E-state index in [0.717, 1.165) is 41.6 Å². The lowest BCUT2D eigenvalue weighted by Gasteiger charge is -2.36. The predicted octanol–water partition coefficient (Wildman–Crippen LogP) is 4.35. The summed E-state index contributed by atoms with van der Waals surface area (Å²) in [6, 6.07) is 8.24. The van der Waals surface area contributed by atoms with Crippen LogP contribution in [0.3, 0.4) is 0 Å². The van der Waals surface area contributed by atoms with E-state index in [0.29, 0.717) is 18.1 Å². The summed E-state index contributed by atoms with van der Waals surface area (Å²) in [7, 11) is 3.80. The van der Waals surface area contributed by atoms with Gasteiger partial charge in [-0.05, 0) is 55.0 Å². The van der Waals surface area contributed by atoms with Crippen LogP contribution in [0.2, 0.25) is 0 Å². The summed E-state index contributed by atoms with van der Waals surface area (Å²) in [6.45, 7) is 2.64. The number of aromatic nitrogens is 3. The summed E-state index contributed by atoms with van der Waals surface area (Å²) in [5.74, 6) is 0.171. The maximum absolute atomic E-state index is 14.2. The van der Waals surface area contributed by atoms with Gasteiger partial charge < -0.3 is 9.80 Å². The van der Waals surface area contributed by atoms with Crippen LogP contribution < -0.4 is 4.90 Å². The van der Waals surface area contributed by atoms with Crippen molar-refractivity contribution in [3.63, 3.8) is 0 Å². The second kappa shape index (κ2) is 9.42. The van der Waals surface area contributed by atoms with Gasteiger partial charge in [0.2, 0.25) is 11.9 Å². The smallest absolute Gasteiger partial charge is 0.227 e. The fourth-order valence-electron chi connectivity index (χ4n) is 4.26. The molecule has 1 unspecified atom stereocenters. The fraction of sp³-hybridized carbons (Fsp3) is 0.360. The van der Waals surface area contributed by atoms with E-state index in [9.17, 15) is 9.18 Å². The number of benzene rings is 1. The lowest BCUT2D eigenvalue weighted by atomic mass is 9.92. The molecule has 6 nitrogen and oxygen atoms in total. The van der Waals surface area contributed by atoms with Gasteiger partial charge in [-0.3, -0.25) is 9.78 Å². The third kappa shape index (κ3) is 4.47. The Morgan fingerprint density at radius 2 is 1.97 bits per heavy atom. The van der Waals surface area contributed by atoms with Crippen molar-refractivity contribution in [3.8, 4) is 11.1 Å². The Morgan fingerprint density at radius 3 is 2.72 bits per heavy atom. The first kappa shape index (κ1) is 21.9. The lowest BCUT2D eigenvalue weighted by molar-refractivity contribution is -0.134. The number of halogens is 1. The first-order chi connectivity index (χ1) is 15.5. The van der Waals surface area contributed by atoms with Crippen LogP contribution in [0.15, 0.2) is 48.9 Å². The van der Waals surface area contributed by atoms with Gasteiger partial charge in [-0.2, -0.15) is 0 Å². The first-order valence-corrected chi connectivity index (χ1v) is 10.9. The molecule has 3 aromatic rings. The quantitative estimate of drug-likeness (QED) is 0.599. The molecule has 0 spiro atoms. The zero-order chi connectivity index (χ0) is 22.7. The highest BCUT2D eigenvalue weighted by atomic mass is 19.1. The predicted molar refractivity (Wildman–Crippen MR) is 123 cm³/mol. The number of anilines is 1. The Balaban J connectivity index is 1.75. The minimum absolute atomic E-state index is 0.0401. The highest BCUT2D eigenvalue weighted by Crippen LogP contribution is 2.37. The van der Waals surface area contributed by atoms with Crippen LogP contribution in [-0.4, -0.2) is 46.4 Å². The molecule has 32 heavy (non-hydrogen) atoms. The Kier molecular flexibility index (Phi) is 6.44. The number of likely N-dealkylation sites (tertiary alicyclic amines) is 1. The van der Waals surface area contributed by atoms with Gasteiger partial charge in [0.25, 0.3) is 0 Å². The fourth-order valence-corrected chi connectivity index (χ4v) is 4.26. The molecule has 0 aliphatic carbocycles. The Labute approximate surface area is 188 Å². The SMILES string of the molecule is Cc1cnccc1-c1cnc(N(C)C)nc1C1CCCCN1C(=O)Cc1ccccc1F. The summed E-state index contributed by atoms with van der Waals surface area (Å²) in [5, 5.41) is 0. The van der Waals surface area contributed by atoms with E-state index >= 15 is 0 Å². The Morgan fingerprint density at radius 1 is 1.16 bits per heavy atom. The number of piperidine rings is 1. The molecule has 1 fully saturated rings. The highest BCUT2D eigenvalue weighted by Gasteiger charge is 2.32. The van der Waals surface area contributed by atoms with E-state index < -0.39 is 0 Å². The molecule has 166 valence electrons. The summed E-state index contributed by atoms with van der Waals surface area (Å²) < 4.78 is 14.2. The van der Waals surface area contributed by atoms with E-state index in [1.807, 2.05) is 49.3 Å². The second-order valence-corrected chi connectivity index (χ2v) is 8.42. The third-order valence-corrected chi connectivity index (χ3v) is 5.95. The molecule has 1 aromatic carbocycles. The van der Waals surface area contributed by atoms with Gasteiger partial charge in [0.15, 0.2) is 0 Å². The summed E-state index contributed by atoms with van der Waals surface area (Å²) in [5.41, 5.74) is 4.19. The number of pyridine rings is 1. The van der Waals surface area contributed by atoms with E-state index in [1.54, 1.807) is 24.4 Å². The van der Waals surface area contributed by atoms with Crippen LogP contribution in [0.4, 0.5) is 10.3 Å². The first-order valence-electron chi connectivity index (χ1n) is 10.9. The summed E-state index contributed by atoms with van der Waals surface area (Å²) in [6.07, 6.45) is 8.20. The van der Waals surface area contributed by atoms with Crippen molar-refractivity contribution in [1.82, 2.24) is 19.9 Å². The molecular weight excluding hydrogens is 405 g/mol. The molecule has 1 aliphatic heterocycles. The van der Waals surface area contributed by atoms with E-state index in [4.69, 9.17) is 4.98 Å². The monoisotopic (exact) mass is 433 g/mol. The molecule has 1 aliphatic rings. The van der Waals surface area contributed by atoms with Crippen LogP contribution in [0.1, 0.15) is 42.1 Å². The van der Waals surface area contributed by atoms with E-state index in [1.165, 1.54) is 6.07 Å². The number of hydrogen-bond acceptors (Lipinski definition) is 5. The van der Waals surface area contributed by atoms with Gasteiger partial charge in [-0.15, -0.1) is 0 Å². The largest absolute Gasteiger partial charge is 0.347 e. The lowest BCUT2D eigenvalue weighted by Crippen LogP contribution is -2.40. The van der Waals surface area contributed by atoms with Crippen LogP contribution in [0.5, 0.6) is 0 Å². The van der Waals surface area contributed by atoms with Gasteiger partial charge >= 0.3 is 0 Å².